The Bertz CT molecular complexity index is 1260. The van der Waals surface area contributed by atoms with Crippen LogP contribution in [0, 0.1) is 21.8 Å². The van der Waals surface area contributed by atoms with E-state index in [0.29, 0.717) is 12.1 Å². The Labute approximate surface area is 196 Å². The standard InChI is InChI=1S/C24H23FN2O6S/c1-17(2)15-26(24(28)19-5-9-21(10-6-19)27(29)30)16-18-3-11-22(12-4-18)33-34(31,32)23-13-7-20(25)8-14-23/h3-14,17H,15-16H2,1-2H3. The van der Waals surface area contributed by atoms with Gasteiger partial charge in [-0.05, 0) is 60.0 Å². The van der Waals surface area contributed by atoms with Gasteiger partial charge in [0.05, 0.1) is 4.92 Å². The first-order chi connectivity index (χ1) is 16.0. The lowest BCUT2D eigenvalue weighted by molar-refractivity contribution is -0.384. The highest BCUT2D eigenvalue weighted by Gasteiger charge is 2.20. The Morgan fingerprint density at radius 1 is 1.00 bits per heavy atom. The lowest BCUT2D eigenvalue weighted by Gasteiger charge is -2.25. The van der Waals surface area contributed by atoms with Gasteiger partial charge in [-0.15, -0.1) is 0 Å². The SMILES string of the molecule is CC(C)CN(Cc1ccc(OS(=O)(=O)c2ccc(F)cc2)cc1)C(=O)c1ccc([N+](=O)[O-])cc1. The number of nitrogens with zero attached hydrogens (tertiary/aromatic N) is 2. The summed E-state index contributed by atoms with van der Waals surface area (Å²) in [5.41, 5.74) is 0.970. The minimum Gasteiger partial charge on any atom is -0.379 e. The van der Waals surface area contributed by atoms with Gasteiger partial charge in [-0.2, -0.15) is 8.42 Å². The van der Waals surface area contributed by atoms with Gasteiger partial charge < -0.3 is 9.08 Å². The number of hydrogen-bond acceptors (Lipinski definition) is 6. The van der Waals surface area contributed by atoms with E-state index in [-0.39, 0.29) is 34.7 Å². The van der Waals surface area contributed by atoms with Gasteiger partial charge in [-0.1, -0.05) is 26.0 Å². The van der Waals surface area contributed by atoms with Crippen LogP contribution in [0.4, 0.5) is 10.1 Å². The first kappa shape index (κ1) is 24.8. The van der Waals surface area contributed by atoms with Gasteiger partial charge in [-0.25, -0.2) is 4.39 Å². The van der Waals surface area contributed by atoms with Gasteiger partial charge in [0.2, 0.25) is 0 Å². The molecule has 0 aliphatic rings. The fourth-order valence-corrected chi connectivity index (χ4v) is 4.15. The second kappa shape index (κ2) is 10.4. The van der Waals surface area contributed by atoms with Crippen molar-refractivity contribution in [2.24, 2.45) is 5.92 Å². The molecule has 0 aromatic heterocycles. The fourth-order valence-electron chi connectivity index (χ4n) is 3.22. The maximum atomic E-state index is 13.1. The number of carbonyl (C=O) groups is 1. The zero-order valence-electron chi connectivity index (χ0n) is 18.5. The molecule has 0 aliphatic heterocycles. The molecule has 3 rings (SSSR count). The topological polar surface area (TPSA) is 107 Å². The molecule has 0 saturated heterocycles. The molecule has 0 fully saturated rings. The Morgan fingerprint density at radius 3 is 2.12 bits per heavy atom. The summed E-state index contributed by atoms with van der Waals surface area (Å²) in [5, 5.41) is 10.9. The maximum absolute atomic E-state index is 13.1. The monoisotopic (exact) mass is 486 g/mol. The Morgan fingerprint density at radius 2 is 1.59 bits per heavy atom. The van der Waals surface area contributed by atoms with Gasteiger partial charge >= 0.3 is 10.1 Å². The highest BCUT2D eigenvalue weighted by Crippen LogP contribution is 2.21. The summed E-state index contributed by atoms with van der Waals surface area (Å²) in [6.45, 7) is 4.63. The normalized spacial score (nSPS) is 11.3. The van der Waals surface area contributed by atoms with E-state index in [1.165, 1.54) is 36.4 Å². The average Bonchev–Trinajstić information content (AvgIpc) is 2.79. The van der Waals surface area contributed by atoms with Crippen LogP contribution in [0.5, 0.6) is 5.75 Å². The first-order valence-corrected chi connectivity index (χ1v) is 11.8. The van der Waals surface area contributed by atoms with E-state index in [2.05, 4.69) is 0 Å². The van der Waals surface area contributed by atoms with Crippen molar-refractivity contribution in [3.8, 4) is 5.75 Å². The average molecular weight is 487 g/mol. The summed E-state index contributed by atoms with van der Waals surface area (Å²) >= 11 is 0. The van der Waals surface area contributed by atoms with Gasteiger partial charge in [0.15, 0.2) is 0 Å². The molecule has 3 aromatic rings. The van der Waals surface area contributed by atoms with E-state index in [1.54, 1.807) is 17.0 Å². The molecule has 0 heterocycles. The zero-order valence-corrected chi connectivity index (χ0v) is 19.4. The van der Waals surface area contributed by atoms with E-state index in [0.717, 1.165) is 29.8 Å². The molecule has 0 saturated carbocycles. The third kappa shape index (κ3) is 6.38. The van der Waals surface area contributed by atoms with Gasteiger partial charge in [0.25, 0.3) is 11.6 Å². The quantitative estimate of drug-likeness (QED) is 0.244. The smallest absolute Gasteiger partial charge is 0.339 e. The molecule has 0 bridgehead atoms. The van der Waals surface area contributed by atoms with Crippen LogP contribution >= 0.6 is 0 Å². The number of non-ortho nitro benzene ring substituents is 1. The van der Waals surface area contributed by atoms with Crippen molar-refractivity contribution in [2.45, 2.75) is 25.3 Å². The first-order valence-electron chi connectivity index (χ1n) is 10.4. The van der Waals surface area contributed by atoms with Crippen molar-refractivity contribution < 1.29 is 26.7 Å². The number of nitro groups is 1. The number of hydrogen-bond donors (Lipinski definition) is 0. The van der Waals surface area contributed by atoms with Gasteiger partial charge in [0.1, 0.15) is 16.5 Å². The third-order valence-corrected chi connectivity index (χ3v) is 6.06. The van der Waals surface area contributed by atoms with Crippen molar-refractivity contribution in [3.63, 3.8) is 0 Å². The van der Waals surface area contributed by atoms with E-state index < -0.39 is 20.9 Å². The lowest BCUT2D eigenvalue weighted by Crippen LogP contribution is -2.33. The number of carbonyl (C=O) groups excluding carboxylic acids is 1. The predicted octanol–water partition coefficient (Wildman–Crippen LogP) is 4.80. The predicted molar refractivity (Wildman–Crippen MR) is 123 cm³/mol. The largest absolute Gasteiger partial charge is 0.379 e. The Hall–Kier alpha value is -3.79. The van der Waals surface area contributed by atoms with Crippen LogP contribution in [-0.4, -0.2) is 30.7 Å². The summed E-state index contributed by atoms with van der Waals surface area (Å²) in [4.78, 5) is 24.8. The molecule has 0 atom stereocenters. The molecule has 0 N–H and O–H groups in total. The van der Waals surface area contributed by atoms with Crippen molar-refractivity contribution in [3.05, 3.63) is 99.9 Å². The molecular formula is C24H23FN2O6S. The second-order valence-corrected chi connectivity index (χ2v) is 9.57. The summed E-state index contributed by atoms with van der Waals surface area (Å²) in [6, 6.07) is 16.0. The molecule has 0 spiro atoms. The molecule has 178 valence electrons. The van der Waals surface area contributed by atoms with Crippen LogP contribution in [0.25, 0.3) is 0 Å². The van der Waals surface area contributed by atoms with E-state index in [9.17, 15) is 27.7 Å². The zero-order chi connectivity index (χ0) is 24.9. The summed E-state index contributed by atoms with van der Waals surface area (Å²) in [5.74, 6) is -0.587. The number of rotatable bonds is 9. The van der Waals surface area contributed by atoms with Crippen LogP contribution in [-0.2, 0) is 16.7 Å². The van der Waals surface area contributed by atoms with Crippen LogP contribution in [0.15, 0.2) is 77.7 Å². The molecule has 10 heteroatoms. The number of benzene rings is 3. The number of amides is 1. The Balaban J connectivity index is 1.74. The van der Waals surface area contributed by atoms with E-state index in [4.69, 9.17) is 4.18 Å². The van der Waals surface area contributed by atoms with Gasteiger partial charge in [-0.3, -0.25) is 14.9 Å². The van der Waals surface area contributed by atoms with Crippen molar-refractivity contribution >= 4 is 21.7 Å². The number of halogens is 1. The highest BCUT2D eigenvalue weighted by molar-refractivity contribution is 7.87. The molecule has 8 nitrogen and oxygen atoms in total. The molecular weight excluding hydrogens is 463 g/mol. The summed E-state index contributed by atoms with van der Waals surface area (Å²) in [7, 11) is -4.12. The third-order valence-electron chi connectivity index (χ3n) is 4.80. The molecule has 0 radical (unpaired) electrons. The summed E-state index contributed by atoms with van der Waals surface area (Å²) < 4.78 is 42.9. The van der Waals surface area contributed by atoms with Crippen LogP contribution < -0.4 is 4.18 Å². The minimum absolute atomic E-state index is 0.0742. The maximum Gasteiger partial charge on any atom is 0.339 e. The van der Waals surface area contributed by atoms with Crippen molar-refractivity contribution in [1.82, 2.24) is 4.90 Å². The second-order valence-electron chi connectivity index (χ2n) is 8.02. The van der Waals surface area contributed by atoms with Crippen molar-refractivity contribution in [2.75, 3.05) is 6.54 Å². The van der Waals surface area contributed by atoms with Crippen LogP contribution in [0.2, 0.25) is 0 Å². The molecule has 34 heavy (non-hydrogen) atoms. The molecule has 3 aromatic carbocycles. The number of nitro benzene ring substituents is 1. The molecule has 0 aliphatic carbocycles. The molecule has 1 amide bonds. The fraction of sp³-hybridized carbons (Fsp3) is 0.208. The summed E-state index contributed by atoms with van der Waals surface area (Å²) in [6.07, 6.45) is 0. The highest BCUT2D eigenvalue weighted by atomic mass is 32.2. The van der Waals surface area contributed by atoms with E-state index >= 15 is 0 Å². The van der Waals surface area contributed by atoms with Crippen molar-refractivity contribution in [1.29, 1.82) is 0 Å². The van der Waals surface area contributed by atoms with E-state index in [1.807, 2.05) is 13.8 Å². The minimum atomic E-state index is -4.12. The molecule has 0 unspecified atom stereocenters. The Kier molecular flexibility index (Phi) is 7.62. The van der Waals surface area contributed by atoms with Crippen LogP contribution in [0.1, 0.15) is 29.8 Å². The van der Waals surface area contributed by atoms with Crippen LogP contribution in [0.3, 0.4) is 0 Å². The van der Waals surface area contributed by atoms with Gasteiger partial charge in [0, 0.05) is 30.8 Å². The lowest BCUT2D eigenvalue weighted by atomic mass is 10.1.